The molecule has 0 aliphatic rings. The van der Waals surface area contributed by atoms with Gasteiger partial charge in [0, 0.05) is 5.56 Å². The van der Waals surface area contributed by atoms with Crippen molar-refractivity contribution in [2.45, 2.75) is 64.2 Å². The van der Waals surface area contributed by atoms with Gasteiger partial charge in [0.25, 0.3) is 5.91 Å². The van der Waals surface area contributed by atoms with Crippen molar-refractivity contribution in [3.63, 3.8) is 0 Å². The number of benzene rings is 1. The van der Waals surface area contributed by atoms with Gasteiger partial charge in [0.05, 0.1) is 11.0 Å². The lowest BCUT2D eigenvalue weighted by Gasteiger charge is -2.20. The van der Waals surface area contributed by atoms with Gasteiger partial charge in [0.15, 0.2) is 9.84 Å². The van der Waals surface area contributed by atoms with Gasteiger partial charge in [0.1, 0.15) is 6.04 Å². The Kier molecular flexibility index (Phi) is 8.78. The zero-order valence-corrected chi connectivity index (χ0v) is 16.5. The minimum absolute atomic E-state index is 0.326. The van der Waals surface area contributed by atoms with E-state index in [2.05, 4.69) is 5.32 Å². The molecule has 6 nitrogen and oxygen atoms in total. The van der Waals surface area contributed by atoms with Gasteiger partial charge < -0.3 is 10.4 Å². The Balaban J connectivity index is 2.94. The summed E-state index contributed by atoms with van der Waals surface area (Å²) in [6.45, 7) is 5.75. The number of amides is 1. The summed E-state index contributed by atoms with van der Waals surface area (Å²) in [5, 5.41) is 11.2. The molecule has 7 heteroatoms. The number of rotatable bonds is 11. The Morgan fingerprint density at radius 3 is 2.23 bits per heavy atom. The van der Waals surface area contributed by atoms with Gasteiger partial charge in [-0.05, 0) is 37.0 Å². The lowest BCUT2D eigenvalue weighted by atomic mass is 10.1. The highest BCUT2D eigenvalue weighted by Gasteiger charge is 2.32. The number of sulfone groups is 1. The molecule has 0 bridgehead atoms. The lowest BCUT2D eigenvalue weighted by Crippen LogP contribution is -2.47. The highest BCUT2D eigenvalue weighted by atomic mass is 32.2. The van der Waals surface area contributed by atoms with E-state index in [0.29, 0.717) is 31.2 Å². The minimum atomic E-state index is -3.63. The van der Waals surface area contributed by atoms with E-state index in [1.54, 1.807) is 18.2 Å². The van der Waals surface area contributed by atoms with Crippen LogP contribution in [-0.4, -0.2) is 42.4 Å². The molecule has 1 aromatic carbocycles. The molecule has 0 fully saturated rings. The van der Waals surface area contributed by atoms with Crippen LogP contribution in [0.1, 0.15) is 62.4 Å². The van der Waals surface area contributed by atoms with E-state index >= 15 is 0 Å². The molecular weight excluding hydrogens is 354 g/mol. The first-order chi connectivity index (χ1) is 12.2. The van der Waals surface area contributed by atoms with Crippen LogP contribution in [0.15, 0.2) is 24.3 Å². The predicted octanol–water partition coefficient (Wildman–Crippen LogP) is 2.82. The van der Waals surface area contributed by atoms with Crippen LogP contribution >= 0.6 is 0 Å². The first-order valence-electron chi connectivity index (χ1n) is 9.09. The minimum Gasteiger partial charge on any atom is -0.480 e. The molecule has 0 saturated heterocycles. The van der Waals surface area contributed by atoms with Crippen LogP contribution in [-0.2, 0) is 21.1 Å². The fourth-order valence-electron chi connectivity index (χ4n) is 2.86. The van der Waals surface area contributed by atoms with E-state index in [0.717, 1.165) is 12.0 Å². The van der Waals surface area contributed by atoms with E-state index < -0.39 is 38.8 Å². The lowest BCUT2D eigenvalue weighted by molar-refractivity contribution is -0.138. The SMILES string of the molecule is CCCC(CCC)S(=O)(=O)C[C@H](NC(=O)c1cccc(CC)c1)C(=O)O. The quantitative estimate of drug-likeness (QED) is 0.612. The maximum atomic E-state index is 12.6. The molecule has 0 heterocycles. The van der Waals surface area contributed by atoms with E-state index in [1.165, 1.54) is 0 Å². The molecule has 26 heavy (non-hydrogen) atoms. The highest BCUT2D eigenvalue weighted by molar-refractivity contribution is 7.92. The Labute approximate surface area is 155 Å². The highest BCUT2D eigenvalue weighted by Crippen LogP contribution is 2.17. The predicted molar refractivity (Wildman–Crippen MR) is 102 cm³/mol. The molecule has 146 valence electrons. The van der Waals surface area contributed by atoms with Crippen molar-refractivity contribution in [2.75, 3.05) is 5.75 Å². The van der Waals surface area contributed by atoms with Gasteiger partial charge in [-0.25, -0.2) is 13.2 Å². The summed E-state index contributed by atoms with van der Waals surface area (Å²) in [4.78, 5) is 23.9. The summed E-state index contributed by atoms with van der Waals surface area (Å²) in [5.74, 6) is -2.52. The number of carbonyl (C=O) groups is 2. The molecule has 0 aliphatic heterocycles. The number of carboxylic acids is 1. The van der Waals surface area contributed by atoms with Crippen molar-refractivity contribution in [3.05, 3.63) is 35.4 Å². The second-order valence-electron chi connectivity index (χ2n) is 6.45. The molecule has 1 amide bonds. The Bertz CT molecular complexity index is 708. The maximum Gasteiger partial charge on any atom is 0.327 e. The third-order valence-electron chi connectivity index (χ3n) is 4.33. The molecule has 0 aromatic heterocycles. The van der Waals surface area contributed by atoms with Crippen LogP contribution in [0.25, 0.3) is 0 Å². The molecule has 0 radical (unpaired) electrons. The van der Waals surface area contributed by atoms with Crippen molar-refractivity contribution < 1.29 is 23.1 Å². The normalized spacial score (nSPS) is 12.8. The molecule has 1 aromatic rings. The van der Waals surface area contributed by atoms with Crippen LogP contribution < -0.4 is 5.32 Å². The largest absolute Gasteiger partial charge is 0.480 e. The van der Waals surface area contributed by atoms with Crippen LogP contribution in [0.4, 0.5) is 0 Å². The molecule has 0 spiro atoms. The van der Waals surface area contributed by atoms with Crippen LogP contribution in [0.3, 0.4) is 0 Å². The van der Waals surface area contributed by atoms with Crippen LogP contribution in [0.5, 0.6) is 0 Å². The van der Waals surface area contributed by atoms with Gasteiger partial charge in [-0.1, -0.05) is 45.7 Å². The fourth-order valence-corrected chi connectivity index (χ4v) is 5.02. The summed E-state index contributed by atoms with van der Waals surface area (Å²) in [6.07, 6.45) is 3.15. The monoisotopic (exact) mass is 383 g/mol. The number of aliphatic carboxylic acids is 1. The van der Waals surface area contributed by atoms with Gasteiger partial charge in [0.2, 0.25) is 0 Å². The van der Waals surface area contributed by atoms with Crippen molar-refractivity contribution in [3.8, 4) is 0 Å². The second kappa shape index (κ2) is 10.3. The van der Waals surface area contributed by atoms with Gasteiger partial charge in [-0.3, -0.25) is 4.79 Å². The first-order valence-corrected chi connectivity index (χ1v) is 10.8. The summed E-state index contributed by atoms with van der Waals surface area (Å²) < 4.78 is 25.3. The number of hydrogen-bond acceptors (Lipinski definition) is 4. The molecular formula is C19H29NO5S. The summed E-state index contributed by atoms with van der Waals surface area (Å²) in [5.41, 5.74) is 1.27. The Hall–Kier alpha value is -1.89. The van der Waals surface area contributed by atoms with Crippen molar-refractivity contribution >= 4 is 21.7 Å². The molecule has 0 unspecified atom stereocenters. The maximum absolute atomic E-state index is 12.6. The van der Waals surface area contributed by atoms with Crippen LogP contribution in [0.2, 0.25) is 0 Å². The molecule has 1 atom stereocenters. The number of aryl methyl sites for hydroxylation is 1. The van der Waals surface area contributed by atoms with Crippen molar-refractivity contribution in [2.24, 2.45) is 0 Å². The Morgan fingerprint density at radius 2 is 1.73 bits per heavy atom. The topological polar surface area (TPSA) is 101 Å². The zero-order chi connectivity index (χ0) is 19.7. The first kappa shape index (κ1) is 22.2. The average Bonchev–Trinajstić information content (AvgIpc) is 2.60. The number of nitrogens with one attached hydrogen (secondary N) is 1. The zero-order valence-electron chi connectivity index (χ0n) is 15.7. The smallest absolute Gasteiger partial charge is 0.327 e. The van der Waals surface area contributed by atoms with Gasteiger partial charge >= 0.3 is 5.97 Å². The molecule has 0 saturated carbocycles. The average molecular weight is 384 g/mol. The van der Waals surface area contributed by atoms with Gasteiger partial charge in [-0.2, -0.15) is 0 Å². The van der Waals surface area contributed by atoms with Crippen molar-refractivity contribution in [1.82, 2.24) is 5.32 Å². The summed E-state index contributed by atoms with van der Waals surface area (Å²) in [7, 11) is -3.63. The second-order valence-corrected chi connectivity index (χ2v) is 8.77. The summed E-state index contributed by atoms with van der Waals surface area (Å²) >= 11 is 0. The molecule has 1 rings (SSSR count). The van der Waals surface area contributed by atoms with Crippen molar-refractivity contribution in [1.29, 1.82) is 0 Å². The number of carbonyl (C=O) groups excluding carboxylic acids is 1. The Morgan fingerprint density at radius 1 is 1.12 bits per heavy atom. The summed E-state index contributed by atoms with van der Waals surface area (Å²) in [6, 6.07) is 5.39. The van der Waals surface area contributed by atoms with Crippen LogP contribution in [0, 0.1) is 0 Å². The standard InChI is InChI=1S/C19H29NO5S/c1-4-8-16(9-5-2)26(24,25)13-17(19(22)23)20-18(21)15-11-7-10-14(6-3)12-15/h7,10-12,16-17H,4-6,8-9,13H2,1-3H3,(H,20,21)(H,22,23)/t17-/m0/s1. The van der Waals surface area contributed by atoms with Gasteiger partial charge in [-0.15, -0.1) is 0 Å². The number of hydrogen-bond donors (Lipinski definition) is 2. The van der Waals surface area contributed by atoms with E-state index in [-0.39, 0.29) is 0 Å². The van der Waals surface area contributed by atoms with E-state index in [4.69, 9.17) is 0 Å². The molecule has 0 aliphatic carbocycles. The molecule has 2 N–H and O–H groups in total. The fraction of sp³-hybridized carbons (Fsp3) is 0.579. The third-order valence-corrected chi connectivity index (χ3v) is 6.61. The van der Waals surface area contributed by atoms with E-state index in [9.17, 15) is 23.1 Å². The third kappa shape index (κ3) is 6.44. The van der Waals surface area contributed by atoms with E-state index in [1.807, 2.05) is 26.8 Å². The number of carboxylic acid groups (broad SMARTS) is 1.